The van der Waals surface area contributed by atoms with Gasteiger partial charge < -0.3 is 10.0 Å². The third kappa shape index (κ3) is 3.56. The molecule has 4 atom stereocenters. The van der Waals surface area contributed by atoms with Gasteiger partial charge in [-0.1, -0.05) is 44.2 Å². The highest BCUT2D eigenvalue weighted by molar-refractivity contribution is 5.17. The monoisotopic (exact) mass is 247 g/mol. The zero-order chi connectivity index (χ0) is 13.1. The van der Waals surface area contributed by atoms with Crippen LogP contribution in [-0.2, 0) is 0 Å². The van der Waals surface area contributed by atoms with E-state index in [9.17, 15) is 5.11 Å². The molecule has 100 valence electrons. The summed E-state index contributed by atoms with van der Waals surface area (Å²) < 4.78 is 0. The fourth-order valence-corrected chi connectivity index (χ4v) is 2.70. The van der Waals surface area contributed by atoms with E-state index < -0.39 is 0 Å². The summed E-state index contributed by atoms with van der Waals surface area (Å²) in [4.78, 5) is 2.37. The molecule has 0 spiro atoms. The number of hydrogen-bond acceptors (Lipinski definition) is 2. The van der Waals surface area contributed by atoms with Crippen LogP contribution < -0.4 is 0 Å². The Balaban J connectivity index is 1.81. The molecule has 2 heteroatoms. The summed E-state index contributed by atoms with van der Waals surface area (Å²) in [7, 11) is 2.17. The molecule has 1 aromatic rings. The summed E-state index contributed by atoms with van der Waals surface area (Å²) in [5.41, 5.74) is 1.03. The fraction of sp³-hybridized carbons (Fsp3) is 0.625. The lowest BCUT2D eigenvalue weighted by molar-refractivity contribution is 0.0935. The second-order valence-corrected chi connectivity index (χ2v) is 6.03. The Labute approximate surface area is 111 Å². The number of hydrogen-bond donors (Lipinski definition) is 1. The number of benzene rings is 1. The summed E-state index contributed by atoms with van der Waals surface area (Å²) >= 11 is 0. The minimum Gasteiger partial charge on any atom is -0.388 e. The Morgan fingerprint density at radius 3 is 2.50 bits per heavy atom. The molecule has 1 aromatic carbocycles. The zero-order valence-electron chi connectivity index (χ0n) is 11.7. The highest BCUT2D eigenvalue weighted by Gasteiger charge is 2.33. The molecule has 0 bridgehead atoms. The van der Waals surface area contributed by atoms with E-state index in [1.54, 1.807) is 0 Å². The highest BCUT2D eigenvalue weighted by Crippen LogP contribution is 2.38. The average molecular weight is 247 g/mol. The summed E-state index contributed by atoms with van der Waals surface area (Å²) in [6.07, 6.45) is 1.02. The van der Waals surface area contributed by atoms with E-state index >= 15 is 0 Å². The van der Waals surface area contributed by atoms with E-state index in [1.807, 2.05) is 30.3 Å². The molecule has 1 N–H and O–H groups in total. The first-order valence-corrected chi connectivity index (χ1v) is 6.99. The van der Waals surface area contributed by atoms with Gasteiger partial charge in [-0.25, -0.2) is 0 Å². The van der Waals surface area contributed by atoms with Crippen molar-refractivity contribution in [1.82, 2.24) is 4.90 Å². The van der Waals surface area contributed by atoms with Crippen molar-refractivity contribution in [2.75, 3.05) is 20.1 Å². The summed E-state index contributed by atoms with van der Waals surface area (Å²) in [5, 5.41) is 10.3. The molecule has 1 aliphatic rings. The molecule has 0 radical (unpaired) electrons. The molecule has 0 aliphatic heterocycles. The number of rotatable bonds is 6. The molecule has 2 rings (SSSR count). The Hall–Kier alpha value is -0.860. The van der Waals surface area contributed by atoms with Gasteiger partial charge in [0.1, 0.15) is 0 Å². The maximum Gasteiger partial charge on any atom is 0.0827 e. The Kier molecular flexibility index (Phi) is 4.41. The smallest absolute Gasteiger partial charge is 0.0827 e. The summed E-state index contributed by atoms with van der Waals surface area (Å²) in [6.45, 7) is 6.58. The van der Waals surface area contributed by atoms with Gasteiger partial charge in [0.15, 0.2) is 0 Å². The predicted octanol–water partition coefficient (Wildman–Crippen LogP) is 2.94. The lowest BCUT2D eigenvalue weighted by atomic mass is 9.97. The molecule has 0 heterocycles. The number of nitrogens with zero attached hydrogens (tertiary/aromatic N) is 1. The van der Waals surface area contributed by atoms with Crippen LogP contribution in [0.3, 0.4) is 0 Å². The van der Waals surface area contributed by atoms with E-state index in [4.69, 9.17) is 0 Å². The van der Waals surface area contributed by atoms with Crippen LogP contribution in [0.25, 0.3) is 0 Å². The van der Waals surface area contributed by atoms with Crippen LogP contribution in [0.5, 0.6) is 0 Å². The largest absolute Gasteiger partial charge is 0.388 e. The maximum atomic E-state index is 10.3. The molecule has 2 nitrogen and oxygen atoms in total. The summed E-state index contributed by atoms with van der Waals surface area (Å²) in [6, 6.07) is 9.97. The first-order valence-electron chi connectivity index (χ1n) is 6.99. The second kappa shape index (κ2) is 5.85. The van der Waals surface area contributed by atoms with E-state index in [-0.39, 0.29) is 12.0 Å². The normalized spacial score (nSPS) is 26.1. The van der Waals surface area contributed by atoms with E-state index in [1.165, 1.54) is 13.0 Å². The minimum absolute atomic E-state index is 0.270. The van der Waals surface area contributed by atoms with E-state index in [2.05, 4.69) is 25.8 Å². The molecule has 0 aromatic heterocycles. The number of aliphatic hydroxyl groups is 1. The van der Waals surface area contributed by atoms with Crippen LogP contribution in [-0.4, -0.2) is 30.1 Å². The van der Waals surface area contributed by atoms with Gasteiger partial charge in [0.25, 0.3) is 0 Å². The first-order chi connectivity index (χ1) is 8.58. The third-order valence-corrected chi connectivity index (χ3v) is 4.10. The van der Waals surface area contributed by atoms with Gasteiger partial charge in [0, 0.05) is 13.1 Å². The molecule has 4 unspecified atom stereocenters. The Bertz CT molecular complexity index is 365. The molecule has 1 fully saturated rings. The lowest BCUT2D eigenvalue weighted by Crippen LogP contribution is -2.29. The quantitative estimate of drug-likeness (QED) is 0.835. The number of aliphatic hydroxyl groups excluding tert-OH is 1. The fourth-order valence-electron chi connectivity index (χ4n) is 2.70. The average Bonchev–Trinajstić information content (AvgIpc) is 3.04. The van der Waals surface area contributed by atoms with E-state index in [0.29, 0.717) is 0 Å². The molecule has 0 saturated heterocycles. The van der Waals surface area contributed by atoms with Crippen molar-refractivity contribution in [3.05, 3.63) is 35.9 Å². The highest BCUT2D eigenvalue weighted by atomic mass is 16.3. The van der Waals surface area contributed by atoms with Crippen LogP contribution in [0.2, 0.25) is 0 Å². The van der Waals surface area contributed by atoms with Gasteiger partial charge in [-0.2, -0.15) is 0 Å². The Morgan fingerprint density at radius 2 is 1.94 bits per heavy atom. The van der Waals surface area contributed by atoms with Crippen LogP contribution in [0.1, 0.15) is 31.9 Å². The van der Waals surface area contributed by atoms with Crippen molar-refractivity contribution in [2.45, 2.75) is 26.4 Å². The second-order valence-electron chi connectivity index (χ2n) is 6.03. The standard InChI is InChI=1S/C16H25NO/c1-12-9-15(12)11-17(3)10-13(2)16(18)14-7-5-4-6-8-14/h4-8,12-13,15-16,18H,9-11H2,1-3H3. The van der Waals surface area contributed by atoms with Crippen molar-refractivity contribution < 1.29 is 5.11 Å². The minimum atomic E-state index is -0.356. The van der Waals surface area contributed by atoms with Gasteiger partial charge in [0.05, 0.1) is 6.10 Å². The van der Waals surface area contributed by atoms with Crippen molar-refractivity contribution in [3.8, 4) is 0 Å². The van der Waals surface area contributed by atoms with Crippen LogP contribution >= 0.6 is 0 Å². The van der Waals surface area contributed by atoms with Crippen LogP contribution in [0.4, 0.5) is 0 Å². The van der Waals surface area contributed by atoms with Gasteiger partial charge >= 0.3 is 0 Å². The van der Waals surface area contributed by atoms with Crippen molar-refractivity contribution >= 4 is 0 Å². The first kappa shape index (κ1) is 13.6. The molecule has 18 heavy (non-hydrogen) atoms. The third-order valence-electron chi connectivity index (χ3n) is 4.10. The van der Waals surface area contributed by atoms with Crippen LogP contribution in [0.15, 0.2) is 30.3 Å². The topological polar surface area (TPSA) is 23.5 Å². The van der Waals surface area contributed by atoms with Gasteiger partial charge in [0.2, 0.25) is 0 Å². The van der Waals surface area contributed by atoms with Gasteiger partial charge in [-0.3, -0.25) is 0 Å². The van der Waals surface area contributed by atoms with Gasteiger partial charge in [-0.15, -0.1) is 0 Å². The molecule has 1 saturated carbocycles. The molecule has 0 amide bonds. The van der Waals surface area contributed by atoms with Crippen molar-refractivity contribution in [2.24, 2.45) is 17.8 Å². The SMILES string of the molecule is CC1CC1CN(C)CC(C)C(O)c1ccccc1. The van der Waals surface area contributed by atoms with Gasteiger partial charge in [-0.05, 0) is 36.8 Å². The maximum absolute atomic E-state index is 10.3. The van der Waals surface area contributed by atoms with Crippen molar-refractivity contribution in [1.29, 1.82) is 0 Å². The van der Waals surface area contributed by atoms with Crippen molar-refractivity contribution in [3.63, 3.8) is 0 Å². The molecule has 1 aliphatic carbocycles. The molecular formula is C16H25NO. The summed E-state index contributed by atoms with van der Waals surface area (Å²) in [5.74, 6) is 2.06. The predicted molar refractivity (Wildman–Crippen MR) is 75.3 cm³/mol. The Morgan fingerprint density at radius 1 is 1.33 bits per heavy atom. The van der Waals surface area contributed by atoms with E-state index in [0.717, 1.165) is 23.9 Å². The molecular weight excluding hydrogens is 222 g/mol. The lowest BCUT2D eigenvalue weighted by Gasteiger charge is -2.25. The van der Waals surface area contributed by atoms with Crippen LogP contribution in [0, 0.1) is 17.8 Å². The zero-order valence-corrected chi connectivity index (χ0v) is 11.7.